The lowest BCUT2D eigenvalue weighted by Gasteiger charge is -2.26. The number of nitrogens with zero attached hydrogens (tertiary/aromatic N) is 3. The number of carbonyl (C=O) groups is 2. The summed E-state index contributed by atoms with van der Waals surface area (Å²) in [6.07, 6.45) is 1.16. The maximum Gasteiger partial charge on any atom is 0.245 e. The van der Waals surface area contributed by atoms with Crippen LogP contribution in [0.4, 0.5) is 5.82 Å². The molecule has 2 rings (SSSR count). The second-order valence-corrected chi connectivity index (χ2v) is 9.40. The van der Waals surface area contributed by atoms with Crippen LogP contribution in [0, 0.1) is 0 Å². The number of amides is 2. The average molecular weight is 453 g/mol. The van der Waals surface area contributed by atoms with Gasteiger partial charge >= 0.3 is 0 Å². The maximum atomic E-state index is 12.8. The number of benzene rings is 1. The molecular weight excluding hydrogens is 423 g/mol. The van der Waals surface area contributed by atoms with Crippen molar-refractivity contribution in [3.05, 3.63) is 40.0 Å². The molecule has 0 fully saturated rings. The molecule has 1 heterocycles. The molecule has 1 aromatic heterocycles. The minimum absolute atomic E-state index is 0.0199. The lowest BCUT2D eigenvalue weighted by molar-refractivity contribution is -0.136. The topological polar surface area (TPSA) is 67.2 Å². The predicted octanol–water partition coefficient (Wildman–Crippen LogP) is 5.45. The summed E-state index contributed by atoms with van der Waals surface area (Å²) in [6, 6.07) is 6.94. The third kappa shape index (κ3) is 5.99. The van der Waals surface area contributed by atoms with Crippen LogP contribution in [0.1, 0.15) is 60.1 Å². The quantitative estimate of drug-likeness (QED) is 0.606. The Kier molecular flexibility index (Phi) is 7.94. The number of hydrogen-bond acceptors (Lipinski definition) is 3. The van der Waals surface area contributed by atoms with Crippen LogP contribution >= 0.6 is 23.2 Å². The number of rotatable bonds is 7. The molecule has 0 aliphatic rings. The predicted molar refractivity (Wildman–Crippen MR) is 123 cm³/mol. The monoisotopic (exact) mass is 452 g/mol. The van der Waals surface area contributed by atoms with E-state index in [-0.39, 0.29) is 29.8 Å². The van der Waals surface area contributed by atoms with E-state index in [1.807, 2.05) is 47.6 Å². The van der Waals surface area contributed by atoms with E-state index in [4.69, 9.17) is 23.2 Å². The number of carbonyl (C=O) groups excluding carboxylic acids is 2. The SMILES string of the molecule is CCCC(=O)N(CC(=O)Nc1cc(C(C)(C)C)nn1-c1ccc(Cl)c(Cl)c1)C(C)C. The number of nitrogens with one attached hydrogen (secondary N) is 1. The van der Waals surface area contributed by atoms with Gasteiger partial charge in [0, 0.05) is 23.9 Å². The van der Waals surface area contributed by atoms with Crippen molar-refractivity contribution in [3.63, 3.8) is 0 Å². The van der Waals surface area contributed by atoms with Gasteiger partial charge in [0.25, 0.3) is 0 Å². The van der Waals surface area contributed by atoms with Gasteiger partial charge < -0.3 is 10.2 Å². The van der Waals surface area contributed by atoms with Crippen molar-refractivity contribution in [1.82, 2.24) is 14.7 Å². The van der Waals surface area contributed by atoms with Crippen LogP contribution in [-0.2, 0) is 15.0 Å². The van der Waals surface area contributed by atoms with Crippen LogP contribution in [0.15, 0.2) is 24.3 Å². The Labute approximate surface area is 188 Å². The van der Waals surface area contributed by atoms with Gasteiger partial charge in [-0.2, -0.15) is 5.10 Å². The first kappa shape index (κ1) is 24.2. The molecule has 1 N–H and O–H groups in total. The zero-order valence-electron chi connectivity index (χ0n) is 18.4. The third-order valence-corrected chi connectivity index (χ3v) is 5.35. The lowest BCUT2D eigenvalue weighted by atomic mass is 9.92. The van der Waals surface area contributed by atoms with Gasteiger partial charge in [-0.15, -0.1) is 0 Å². The molecule has 0 aliphatic carbocycles. The summed E-state index contributed by atoms with van der Waals surface area (Å²) in [5, 5.41) is 8.42. The van der Waals surface area contributed by atoms with Gasteiger partial charge in [0.1, 0.15) is 12.4 Å². The van der Waals surface area contributed by atoms with Gasteiger partial charge in [-0.3, -0.25) is 9.59 Å². The Balaban J connectivity index is 2.35. The Bertz CT molecular complexity index is 916. The Morgan fingerprint density at radius 1 is 1.17 bits per heavy atom. The molecule has 1 aromatic carbocycles. The second-order valence-electron chi connectivity index (χ2n) is 8.59. The van der Waals surface area contributed by atoms with Crippen molar-refractivity contribution in [1.29, 1.82) is 0 Å². The van der Waals surface area contributed by atoms with Crippen LogP contribution in [0.3, 0.4) is 0 Å². The van der Waals surface area contributed by atoms with Crippen LogP contribution in [0.5, 0.6) is 0 Å². The summed E-state index contributed by atoms with van der Waals surface area (Å²) >= 11 is 12.2. The largest absolute Gasteiger partial charge is 0.331 e. The highest BCUT2D eigenvalue weighted by atomic mass is 35.5. The molecule has 2 aromatic rings. The van der Waals surface area contributed by atoms with Gasteiger partial charge in [0.05, 0.1) is 21.4 Å². The number of anilines is 1. The number of aromatic nitrogens is 2. The van der Waals surface area contributed by atoms with Crippen molar-refractivity contribution in [3.8, 4) is 5.69 Å². The highest BCUT2D eigenvalue weighted by Gasteiger charge is 2.24. The number of halogens is 2. The van der Waals surface area contributed by atoms with Gasteiger partial charge in [0.2, 0.25) is 11.8 Å². The van der Waals surface area contributed by atoms with Crippen molar-refractivity contribution in [2.45, 2.75) is 65.8 Å². The molecule has 0 saturated heterocycles. The molecule has 164 valence electrons. The highest BCUT2D eigenvalue weighted by Crippen LogP contribution is 2.29. The van der Waals surface area contributed by atoms with E-state index in [2.05, 4.69) is 10.4 Å². The Hall–Kier alpha value is -2.05. The molecule has 0 bridgehead atoms. The lowest BCUT2D eigenvalue weighted by Crippen LogP contribution is -2.42. The van der Waals surface area contributed by atoms with Crippen molar-refractivity contribution in [2.75, 3.05) is 11.9 Å². The first-order chi connectivity index (χ1) is 13.9. The fraction of sp³-hybridized carbons (Fsp3) is 0.500. The van der Waals surface area contributed by atoms with Gasteiger partial charge in [-0.1, -0.05) is 50.9 Å². The second kappa shape index (κ2) is 9.84. The molecule has 30 heavy (non-hydrogen) atoms. The molecule has 2 amide bonds. The molecule has 0 aliphatic heterocycles. The Morgan fingerprint density at radius 3 is 2.37 bits per heavy atom. The standard InChI is InChI=1S/C22H30Cl2N4O2/c1-7-8-21(30)27(14(2)3)13-20(29)25-19-12-18(22(4,5)6)26-28(19)15-9-10-16(23)17(24)11-15/h9-12,14H,7-8,13H2,1-6H3,(H,25,29). The fourth-order valence-electron chi connectivity index (χ4n) is 2.90. The minimum atomic E-state index is -0.283. The van der Waals surface area contributed by atoms with E-state index < -0.39 is 0 Å². The summed E-state index contributed by atoms with van der Waals surface area (Å²) in [4.78, 5) is 26.8. The highest BCUT2D eigenvalue weighted by molar-refractivity contribution is 6.42. The number of hydrogen-bond donors (Lipinski definition) is 1. The summed E-state index contributed by atoms with van der Waals surface area (Å²) in [7, 11) is 0. The molecular formula is C22H30Cl2N4O2. The van der Waals surface area contributed by atoms with E-state index in [0.29, 0.717) is 28.0 Å². The smallest absolute Gasteiger partial charge is 0.245 e. The maximum absolute atomic E-state index is 12.8. The van der Waals surface area contributed by atoms with Gasteiger partial charge in [-0.25, -0.2) is 4.68 Å². The minimum Gasteiger partial charge on any atom is -0.331 e. The van der Waals surface area contributed by atoms with E-state index in [1.54, 1.807) is 27.8 Å². The normalized spacial score (nSPS) is 11.6. The average Bonchev–Trinajstić information content (AvgIpc) is 3.06. The molecule has 6 nitrogen and oxygen atoms in total. The Morgan fingerprint density at radius 2 is 1.83 bits per heavy atom. The van der Waals surface area contributed by atoms with E-state index in [1.165, 1.54) is 0 Å². The molecule has 0 radical (unpaired) electrons. The molecule has 0 atom stereocenters. The van der Waals surface area contributed by atoms with E-state index in [0.717, 1.165) is 12.1 Å². The van der Waals surface area contributed by atoms with Gasteiger partial charge in [-0.05, 0) is 38.5 Å². The van der Waals surface area contributed by atoms with Crippen LogP contribution in [0.2, 0.25) is 10.0 Å². The first-order valence-corrected chi connectivity index (χ1v) is 10.8. The first-order valence-electron chi connectivity index (χ1n) is 10.1. The zero-order chi connectivity index (χ0) is 22.6. The van der Waals surface area contributed by atoms with Crippen LogP contribution in [-0.4, -0.2) is 39.1 Å². The molecule has 0 spiro atoms. The summed E-state index contributed by atoms with van der Waals surface area (Å²) in [5.74, 6) is 0.195. The summed E-state index contributed by atoms with van der Waals surface area (Å²) < 4.78 is 1.63. The molecule has 0 saturated carbocycles. The van der Waals surface area contributed by atoms with Crippen LogP contribution in [0.25, 0.3) is 5.69 Å². The molecule has 0 unspecified atom stereocenters. The third-order valence-electron chi connectivity index (χ3n) is 4.61. The summed E-state index contributed by atoms with van der Waals surface area (Å²) in [5.41, 5.74) is 1.27. The fourth-order valence-corrected chi connectivity index (χ4v) is 3.20. The van der Waals surface area contributed by atoms with Crippen LogP contribution < -0.4 is 5.32 Å². The van der Waals surface area contributed by atoms with Gasteiger partial charge in [0.15, 0.2) is 0 Å². The summed E-state index contributed by atoms with van der Waals surface area (Å²) in [6.45, 7) is 11.9. The molecule has 8 heteroatoms. The van der Waals surface area contributed by atoms with Crippen molar-refractivity contribution >= 4 is 40.8 Å². The zero-order valence-corrected chi connectivity index (χ0v) is 19.9. The van der Waals surface area contributed by atoms with Crippen molar-refractivity contribution in [2.24, 2.45) is 0 Å². The van der Waals surface area contributed by atoms with E-state index in [9.17, 15) is 9.59 Å². The van der Waals surface area contributed by atoms with Crippen molar-refractivity contribution < 1.29 is 9.59 Å². The van der Waals surface area contributed by atoms with E-state index >= 15 is 0 Å².